The highest BCUT2D eigenvalue weighted by atomic mass is 32.2. The molecule has 0 aliphatic rings. The fourth-order valence-corrected chi connectivity index (χ4v) is 8.28. The van der Waals surface area contributed by atoms with Crippen LogP contribution < -0.4 is 8.37 Å². The lowest BCUT2D eigenvalue weighted by Crippen LogP contribution is -2.13. The van der Waals surface area contributed by atoms with E-state index in [9.17, 15) is 16.8 Å². The molecule has 0 saturated carbocycles. The van der Waals surface area contributed by atoms with E-state index in [0.717, 1.165) is 48.1 Å². The van der Waals surface area contributed by atoms with Crippen LogP contribution in [0.25, 0.3) is 0 Å². The van der Waals surface area contributed by atoms with Crippen LogP contribution in [0.2, 0.25) is 0 Å². The van der Waals surface area contributed by atoms with Gasteiger partial charge in [-0.1, -0.05) is 141 Å². The van der Waals surface area contributed by atoms with Crippen molar-refractivity contribution in [2.24, 2.45) is 0 Å². The Hall–Kier alpha value is -2.36. The molecule has 262 valence electrons. The van der Waals surface area contributed by atoms with Gasteiger partial charge in [0, 0.05) is 10.8 Å². The standard InChI is InChI=1S/C38H56O6S3/c1-3-5-7-9-11-13-14-16-18-20-22-34-25-29-36(30-26-34)47(41,42)44-38-32-45-31-37(38)43-46(39,40)35-27-23-33(24-28-35)21-19-17-15-12-10-8-6-4-2/h23-32H,3-22H2,1-2H3. The summed E-state index contributed by atoms with van der Waals surface area (Å²) in [6.07, 6.45) is 24.5. The summed E-state index contributed by atoms with van der Waals surface area (Å²) < 4.78 is 62.8. The summed E-state index contributed by atoms with van der Waals surface area (Å²) in [4.78, 5) is 0.0200. The molecule has 3 aromatic rings. The minimum atomic E-state index is -4.18. The van der Waals surface area contributed by atoms with Gasteiger partial charge in [0.2, 0.25) is 0 Å². The number of aryl methyl sites for hydroxylation is 2. The van der Waals surface area contributed by atoms with Gasteiger partial charge >= 0.3 is 20.2 Å². The molecule has 0 fully saturated rings. The molecular weight excluding hydrogens is 649 g/mol. The fourth-order valence-electron chi connectivity index (χ4n) is 5.65. The minimum Gasteiger partial charge on any atom is -0.374 e. The van der Waals surface area contributed by atoms with E-state index in [1.165, 1.54) is 126 Å². The molecule has 0 saturated heterocycles. The Balaban J connectivity index is 1.44. The minimum absolute atomic E-state index is 0.00942. The molecule has 9 heteroatoms. The maximum Gasteiger partial charge on any atom is 0.339 e. The van der Waals surface area contributed by atoms with Crippen LogP contribution in [0.15, 0.2) is 69.1 Å². The third kappa shape index (κ3) is 14.7. The zero-order valence-corrected chi connectivity index (χ0v) is 31.0. The monoisotopic (exact) mass is 704 g/mol. The molecule has 1 aromatic heterocycles. The predicted octanol–water partition coefficient (Wildman–Crippen LogP) is 11.4. The lowest BCUT2D eigenvalue weighted by Gasteiger charge is -2.10. The van der Waals surface area contributed by atoms with Gasteiger partial charge in [-0.05, 0) is 61.1 Å². The molecule has 0 unspecified atom stereocenters. The van der Waals surface area contributed by atoms with Crippen molar-refractivity contribution < 1.29 is 25.2 Å². The second kappa shape index (κ2) is 21.6. The molecule has 0 amide bonds. The molecule has 0 aliphatic heterocycles. The highest BCUT2D eigenvalue weighted by Crippen LogP contribution is 2.36. The number of rotatable bonds is 26. The first-order valence-electron chi connectivity index (χ1n) is 17.9. The molecule has 2 aromatic carbocycles. The van der Waals surface area contributed by atoms with E-state index in [4.69, 9.17) is 8.37 Å². The molecule has 0 spiro atoms. The largest absolute Gasteiger partial charge is 0.374 e. The van der Waals surface area contributed by atoms with E-state index in [1.54, 1.807) is 12.1 Å². The van der Waals surface area contributed by atoms with Crippen molar-refractivity contribution in [3.05, 3.63) is 70.4 Å². The maximum absolute atomic E-state index is 13.0. The molecule has 0 N–H and O–H groups in total. The molecule has 3 rings (SSSR count). The van der Waals surface area contributed by atoms with Crippen molar-refractivity contribution >= 4 is 31.6 Å². The average molecular weight is 705 g/mol. The number of unbranched alkanes of at least 4 members (excludes halogenated alkanes) is 16. The van der Waals surface area contributed by atoms with Crippen LogP contribution in [0.4, 0.5) is 0 Å². The number of thiophene rings is 1. The maximum atomic E-state index is 13.0. The highest BCUT2D eigenvalue weighted by Gasteiger charge is 2.24. The molecule has 0 aliphatic carbocycles. The Kier molecular flexibility index (Phi) is 17.9. The lowest BCUT2D eigenvalue weighted by atomic mass is 10.0. The second-order valence-corrected chi connectivity index (χ2v) is 16.5. The lowest BCUT2D eigenvalue weighted by molar-refractivity contribution is 0.451. The number of hydrogen-bond donors (Lipinski definition) is 0. The van der Waals surface area contributed by atoms with Gasteiger partial charge in [-0.2, -0.15) is 16.8 Å². The van der Waals surface area contributed by atoms with Crippen molar-refractivity contribution in [2.45, 2.75) is 152 Å². The van der Waals surface area contributed by atoms with Crippen molar-refractivity contribution in [3.63, 3.8) is 0 Å². The molecular formula is C38H56O6S3. The van der Waals surface area contributed by atoms with E-state index in [2.05, 4.69) is 13.8 Å². The zero-order chi connectivity index (χ0) is 33.8. The normalized spacial score (nSPS) is 12.0. The Morgan fingerprint density at radius 1 is 0.447 bits per heavy atom. The van der Waals surface area contributed by atoms with E-state index in [1.807, 2.05) is 24.3 Å². The summed E-state index contributed by atoms with van der Waals surface area (Å²) in [5.41, 5.74) is 2.16. The van der Waals surface area contributed by atoms with Gasteiger partial charge in [-0.15, -0.1) is 11.3 Å². The average Bonchev–Trinajstić information content (AvgIpc) is 3.48. The van der Waals surface area contributed by atoms with Gasteiger partial charge in [0.1, 0.15) is 9.79 Å². The first kappa shape index (κ1) is 39.1. The van der Waals surface area contributed by atoms with Crippen LogP contribution in [-0.4, -0.2) is 16.8 Å². The summed E-state index contributed by atoms with van der Waals surface area (Å²) in [5.74, 6) is -0.307. The summed E-state index contributed by atoms with van der Waals surface area (Å²) >= 11 is 1.10. The van der Waals surface area contributed by atoms with Crippen LogP contribution in [0.1, 0.15) is 141 Å². The molecule has 1 heterocycles. The summed E-state index contributed by atoms with van der Waals surface area (Å²) in [7, 11) is -8.36. The van der Waals surface area contributed by atoms with Gasteiger partial charge in [0.15, 0.2) is 11.5 Å². The molecule has 0 atom stereocenters. The predicted molar refractivity (Wildman–Crippen MR) is 195 cm³/mol. The van der Waals surface area contributed by atoms with E-state index < -0.39 is 20.2 Å². The summed E-state index contributed by atoms with van der Waals surface area (Å²) in [6.45, 7) is 4.47. The summed E-state index contributed by atoms with van der Waals surface area (Å²) in [6, 6.07) is 13.4. The first-order chi connectivity index (χ1) is 22.7. The van der Waals surface area contributed by atoms with Crippen molar-refractivity contribution in [1.29, 1.82) is 0 Å². The third-order valence-corrected chi connectivity index (χ3v) is 11.8. The van der Waals surface area contributed by atoms with Gasteiger partial charge < -0.3 is 8.37 Å². The molecule has 0 radical (unpaired) electrons. The van der Waals surface area contributed by atoms with Gasteiger partial charge in [-0.3, -0.25) is 0 Å². The van der Waals surface area contributed by atoms with Crippen molar-refractivity contribution in [1.82, 2.24) is 0 Å². The Morgan fingerprint density at radius 2 is 0.745 bits per heavy atom. The Morgan fingerprint density at radius 3 is 1.06 bits per heavy atom. The Labute approximate surface area is 289 Å². The highest BCUT2D eigenvalue weighted by molar-refractivity contribution is 7.87. The fraction of sp³-hybridized carbons (Fsp3) is 0.579. The van der Waals surface area contributed by atoms with Gasteiger partial charge in [-0.25, -0.2) is 0 Å². The molecule has 0 bridgehead atoms. The molecule has 6 nitrogen and oxygen atoms in total. The number of hydrogen-bond acceptors (Lipinski definition) is 7. The van der Waals surface area contributed by atoms with E-state index in [0.29, 0.717) is 0 Å². The van der Waals surface area contributed by atoms with Crippen LogP contribution in [0.5, 0.6) is 11.5 Å². The molecule has 47 heavy (non-hydrogen) atoms. The first-order valence-corrected chi connectivity index (χ1v) is 21.6. The van der Waals surface area contributed by atoms with Crippen LogP contribution >= 0.6 is 11.3 Å². The summed E-state index contributed by atoms with van der Waals surface area (Å²) in [5, 5.41) is 2.85. The third-order valence-electron chi connectivity index (χ3n) is 8.55. The van der Waals surface area contributed by atoms with Crippen molar-refractivity contribution in [2.75, 3.05) is 0 Å². The second-order valence-electron chi connectivity index (χ2n) is 12.6. The quantitative estimate of drug-likeness (QED) is 0.0610. The topological polar surface area (TPSA) is 86.7 Å². The van der Waals surface area contributed by atoms with Gasteiger partial charge in [0.25, 0.3) is 0 Å². The smallest absolute Gasteiger partial charge is 0.339 e. The Bertz CT molecular complexity index is 1480. The van der Waals surface area contributed by atoms with Crippen LogP contribution in [0, 0.1) is 0 Å². The van der Waals surface area contributed by atoms with Crippen LogP contribution in [-0.2, 0) is 33.1 Å². The van der Waals surface area contributed by atoms with E-state index >= 15 is 0 Å². The number of benzene rings is 2. The van der Waals surface area contributed by atoms with E-state index in [-0.39, 0.29) is 21.3 Å². The van der Waals surface area contributed by atoms with Crippen molar-refractivity contribution in [3.8, 4) is 11.5 Å². The van der Waals surface area contributed by atoms with Gasteiger partial charge in [0.05, 0.1) is 0 Å². The van der Waals surface area contributed by atoms with Crippen LogP contribution in [0.3, 0.4) is 0 Å². The zero-order valence-electron chi connectivity index (χ0n) is 28.6. The SMILES string of the molecule is CCCCCCCCCCCCc1ccc(S(=O)(=O)Oc2cscc2OS(=O)(=O)c2ccc(CCCCCCCCCC)cc2)cc1.